The van der Waals surface area contributed by atoms with Gasteiger partial charge < -0.3 is 4.90 Å². The van der Waals surface area contributed by atoms with Crippen molar-refractivity contribution < 1.29 is 0 Å². The topological polar surface area (TPSA) is 16.1 Å². The first kappa shape index (κ1) is 17.7. The van der Waals surface area contributed by atoms with E-state index in [4.69, 9.17) is 4.98 Å². The van der Waals surface area contributed by atoms with Crippen molar-refractivity contribution >= 4 is 6.08 Å². The fourth-order valence-electron chi connectivity index (χ4n) is 3.99. The van der Waals surface area contributed by atoms with E-state index in [1.807, 2.05) is 0 Å². The smallest absolute Gasteiger partial charge is 0.0892 e. The van der Waals surface area contributed by atoms with Crippen LogP contribution in [0.2, 0.25) is 0 Å². The van der Waals surface area contributed by atoms with Crippen molar-refractivity contribution in [2.75, 3.05) is 7.05 Å². The van der Waals surface area contributed by atoms with Gasteiger partial charge in [0.1, 0.15) is 0 Å². The summed E-state index contributed by atoms with van der Waals surface area (Å²) < 4.78 is 0. The van der Waals surface area contributed by atoms with Gasteiger partial charge >= 0.3 is 0 Å². The Balaban J connectivity index is 2.19. The Kier molecular flexibility index (Phi) is 4.49. The summed E-state index contributed by atoms with van der Waals surface area (Å²) in [5, 5.41) is 0. The Labute approximate surface area is 152 Å². The molecule has 1 aromatic carbocycles. The quantitative estimate of drug-likeness (QED) is 0.748. The molecular weight excluding hydrogens is 304 g/mol. The second-order valence-corrected chi connectivity index (χ2v) is 8.09. The molecule has 0 spiro atoms. The maximum absolute atomic E-state index is 4.97. The maximum atomic E-state index is 4.97. The summed E-state index contributed by atoms with van der Waals surface area (Å²) in [5.41, 5.74) is 8.79. The Morgan fingerprint density at radius 3 is 2.48 bits per heavy atom. The second kappa shape index (κ2) is 6.33. The van der Waals surface area contributed by atoms with Crippen molar-refractivity contribution in [2.45, 2.75) is 53.5 Å². The molecule has 0 bridgehead atoms. The minimum Gasteiger partial charge on any atom is -0.367 e. The molecule has 1 aliphatic heterocycles. The molecule has 2 heterocycles. The van der Waals surface area contributed by atoms with Crippen LogP contribution in [0.5, 0.6) is 0 Å². The Hall–Kier alpha value is -2.09. The van der Waals surface area contributed by atoms with Gasteiger partial charge in [0, 0.05) is 24.5 Å². The Morgan fingerprint density at radius 2 is 1.80 bits per heavy atom. The highest BCUT2D eigenvalue weighted by Crippen LogP contribution is 2.42. The number of nitrogens with zero attached hydrogens (tertiary/aromatic N) is 2. The summed E-state index contributed by atoms with van der Waals surface area (Å²) in [6.45, 7) is 13.4. The molecule has 0 N–H and O–H groups in total. The van der Waals surface area contributed by atoms with Gasteiger partial charge in [-0.25, -0.2) is 0 Å². The first-order chi connectivity index (χ1) is 11.7. The van der Waals surface area contributed by atoms with Crippen molar-refractivity contribution in [3.05, 3.63) is 69.7 Å². The van der Waals surface area contributed by atoms with Crippen LogP contribution in [-0.2, 0) is 12.0 Å². The van der Waals surface area contributed by atoms with E-state index >= 15 is 0 Å². The van der Waals surface area contributed by atoms with Crippen LogP contribution in [0.15, 0.2) is 30.5 Å². The van der Waals surface area contributed by atoms with Gasteiger partial charge in [0.2, 0.25) is 0 Å². The summed E-state index contributed by atoms with van der Waals surface area (Å²) in [4.78, 5) is 7.29. The number of hydrogen-bond acceptors (Lipinski definition) is 2. The molecule has 0 amide bonds. The standard InChI is InChI=1S/C23H30N2/c1-15(2)12-19-8-9-20-22(24-19)10-11-25(7)23(20,6)21-14-16(3)13-17(4)18(21)5/h8-11,13-15H,12H2,1-7H3. The van der Waals surface area contributed by atoms with Crippen LogP contribution in [0.4, 0.5) is 0 Å². The summed E-state index contributed by atoms with van der Waals surface area (Å²) in [6, 6.07) is 9.11. The molecule has 1 aliphatic rings. The summed E-state index contributed by atoms with van der Waals surface area (Å²) >= 11 is 0. The summed E-state index contributed by atoms with van der Waals surface area (Å²) in [6.07, 6.45) is 5.35. The van der Waals surface area contributed by atoms with Crippen molar-refractivity contribution in [3.63, 3.8) is 0 Å². The highest BCUT2D eigenvalue weighted by atomic mass is 15.2. The third-order valence-corrected chi connectivity index (χ3v) is 5.62. The molecule has 0 saturated heterocycles. The van der Waals surface area contributed by atoms with E-state index in [0.29, 0.717) is 5.92 Å². The molecule has 0 aliphatic carbocycles. The molecule has 2 nitrogen and oxygen atoms in total. The van der Waals surface area contributed by atoms with Crippen molar-refractivity contribution in [1.82, 2.24) is 9.88 Å². The molecule has 132 valence electrons. The molecule has 0 saturated carbocycles. The van der Waals surface area contributed by atoms with Gasteiger partial charge in [-0.05, 0) is 68.9 Å². The van der Waals surface area contributed by atoms with Crippen LogP contribution < -0.4 is 0 Å². The second-order valence-electron chi connectivity index (χ2n) is 8.09. The molecule has 2 heteroatoms. The first-order valence-electron chi connectivity index (χ1n) is 9.23. The molecule has 2 aromatic rings. The lowest BCUT2D eigenvalue weighted by Gasteiger charge is -2.43. The molecular formula is C23H30N2. The van der Waals surface area contributed by atoms with Crippen molar-refractivity contribution in [3.8, 4) is 0 Å². The number of rotatable bonds is 3. The highest BCUT2D eigenvalue weighted by Gasteiger charge is 2.38. The predicted octanol–water partition coefficient (Wildman–Crippen LogP) is 5.38. The predicted molar refractivity (Wildman–Crippen MR) is 107 cm³/mol. The lowest BCUT2D eigenvalue weighted by atomic mass is 9.77. The third-order valence-electron chi connectivity index (χ3n) is 5.62. The SMILES string of the molecule is Cc1cc(C)c(C)c(C2(C)c3ccc(CC(C)C)nc3C=CN2C)c1. The molecule has 3 rings (SSSR count). The Bertz CT molecular complexity index is 832. The molecule has 1 unspecified atom stereocenters. The zero-order valence-corrected chi connectivity index (χ0v) is 16.6. The van der Waals surface area contributed by atoms with Gasteiger partial charge in [0.15, 0.2) is 0 Å². The van der Waals surface area contributed by atoms with E-state index in [1.165, 1.54) is 33.5 Å². The monoisotopic (exact) mass is 334 g/mol. The van der Waals surface area contributed by atoms with Crippen molar-refractivity contribution in [1.29, 1.82) is 0 Å². The van der Waals surface area contributed by atoms with E-state index in [2.05, 4.69) is 90.0 Å². The highest BCUT2D eigenvalue weighted by molar-refractivity contribution is 5.60. The normalized spacial score (nSPS) is 19.4. The maximum Gasteiger partial charge on any atom is 0.0892 e. The lowest BCUT2D eigenvalue weighted by Crippen LogP contribution is -2.42. The van der Waals surface area contributed by atoms with Gasteiger partial charge in [-0.2, -0.15) is 0 Å². The van der Waals surface area contributed by atoms with Crippen LogP contribution >= 0.6 is 0 Å². The van der Waals surface area contributed by atoms with Crippen LogP contribution in [0.1, 0.15) is 60.0 Å². The Morgan fingerprint density at radius 1 is 1.08 bits per heavy atom. The molecule has 0 radical (unpaired) electrons. The van der Waals surface area contributed by atoms with Crippen LogP contribution in [0.3, 0.4) is 0 Å². The molecule has 1 aromatic heterocycles. The molecule has 0 fully saturated rings. The number of hydrogen-bond donors (Lipinski definition) is 0. The zero-order valence-electron chi connectivity index (χ0n) is 16.6. The lowest BCUT2D eigenvalue weighted by molar-refractivity contribution is 0.249. The third kappa shape index (κ3) is 2.99. The van der Waals surface area contributed by atoms with Crippen LogP contribution in [0, 0.1) is 26.7 Å². The van der Waals surface area contributed by atoms with E-state index in [9.17, 15) is 0 Å². The molecule has 1 atom stereocenters. The number of pyridine rings is 1. The van der Waals surface area contributed by atoms with Crippen LogP contribution in [-0.4, -0.2) is 16.9 Å². The minimum absolute atomic E-state index is 0.200. The summed E-state index contributed by atoms with van der Waals surface area (Å²) in [5.74, 6) is 0.619. The average Bonchev–Trinajstić information content (AvgIpc) is 2.54. The fourth-order valence-corrected chi connectivity index (χ4v) is 3.99. The van der Waals surface area contributed by atoms with Gasteiger partial charge in [-0.3, -0.25) is 4.98 Å². The number of aromatic nitrogens is 1. The van der Waals surface area contributed by atoms with Gasteiger partial charge in [-0.1, -0.05) is 37.6 Å². The number of fused-ring (bicyclic) bond motifs is 1. The largest absolute Gasteiger partial charge is 0.367 e. The van der Waals surface area contributed by atoms with E-state index in [0.717, 1.165) is 12.1 Å². The van der Waals surface area contributed by atoms with E-state index in [-0.39, 0.29) is 5.54 Å². The van der Waals surface area contributed by atoms with E-state index in [1.54, 1.807) is 0 Å². The fraction of sp³-hybridized carbons (Fsp3) is 0.435. The molecule has 25 heavy (non-hydrogen) atoms. The minimum atomic E-state index is -0.200. The number of benzene rings is 1. The van der Waals surface area contributed by atoms with Gasteiger partial charge in [0.05, 0.1) is 11.2 Å². The van der Waals surface area contributed by atoms with Crippen LogP contribution in [0.25, 0.3) is 6.08 Å². The number of aryl methyl sites for hydroxylation is 2. The summed E-state index contributed by atoms with van der Waals surface area (Å²) in [7, 11) is 2.17. The van der Waals surface area contributed by atoms with Gasteiger partial charge in [0.25, 0.3) is 0 Å². The average molecular weight is 335 g/mol. The van der Waals surface area contributed by atoms with E-state index < -0.39 is 0 Å². The van der Waals surface area contributed by atoms with Gasteiger partial charge in [-0.15, -0.1) is 0 Å². The zero-order chi connectivity index (χ0) is 18.4. The first-order valence-corrected chi connectivity index (χ1v) is 9.23. The van der Waals surface area contributed by atoms with Crippen molar-refractivity contribution in [2.24, 2.45) is 5.92 Å².